The first-order chi connectivity index (χ1) is 7.77. The van der Waals surface area contributed by atoms with Gasteiger partial charge >= 0.3 is 0 Å². The van der Waals surface area contributed by atoms with Crippen LogP contribution in [0.15, 0.2) is 26.0 Å². The molecule has 0 unspecified atom stereocenters. The highest BCUT2D eigenvalue weighted by Crippen LogP contribution is 2.28. The largest absolute Gasteiger partial charge is 0.329 e. The second-order valence-electron chi connectivity index (χ2n) is 3.79. The predicted octanol–water partition coefficient (Wildman–Crippen LogP) is 2.57. The molecule has 1 atom stereocenters. The number of halogens is 3. The summed E-state index contributed by atoms with van der Waals surface area (Å²) in [5, 5.41) is 0. The monoisotopic (exact) mass is 420 g/mol. The van der Waals surface area contributed by atoms with Gasteiger partial charge in [0, 0.05) is 21.5 Å². The smallest absolute Gasteiger partial charge is 0.242 e. The van der Waals surface area contributed by atoms with Crippen LogP contribution in [0.5, 0.6) is 0 Å². The highest BCUT2D eigenvalue weighted by Gasteiger charge is 2.20. The molecule has 4 nitrogen and oxygen atoms in total. The lowest BCUT2D eigenvalue weighted by Crippen LogP contribution is -2.37. The van der Waals surface area contributed by atoms with Gasteiger partial charge in [-0.05, 0) is 47.5 Å². The molecule has 18 heavy (non-hydrogen) atoms. The summed E-state index contributed by atoms with van der Waals surface area (Å²) in [6.07, 6.45) is 0. The molecule has 3 N–H and O–H groups in total. The molecule has 0 saturated carbocycles. The second-order valence-corrected chi connectivity index (χ2v) is 7.18. The van der Waals surface area contributed by atoms with E-state index in [1.54, 1.807) is 19.1 Å². The summed E-state index contributed by atoms with van der Waals surface area (Å²) in [5.74, 6) is 0. The summed E-state index contributed by atoms with van der Waals surface area (Å²) >= 11 is 6.58. The molecule has 104 valence electrons. The van der Waals surface area contributed by atoms with Crippen molar-refractivity contribution in [2.45, 2.75) is 24.8 Å². The molecule has 0 heterocycles. The molecule has 0 amide bonds. The van der Waals surface area contributed by atoms with Gasteiger partial charge in [-0.15, -0.1) is 12.4 Å². The SMILES string of the molecule is Cc1cc(Br)c(S(=O)(=O)N[C@@H](C)CN)cc1Br.Cl. The van der Waals surface area contributed by atoms with Crippen molar-refractivity contribution < 1.29 is 8.42 Å². The van der Waals surface area contributed by atoms with Crippen LogP contribution in [0.4, 0.5) is 0 Å². The van der Waals surface area contributed by atoms with Crippen LogP contribution in [0.1, 0.15) is 12.5 Å². The van der Waals surface area contributed by atoms with Crippen LogP contribution in [-0.2, 0) is 10.0 Å². The molecule has 8 heteroatoms. The Hall–Kier alpha value is 0.340. The molecule has 0 aliphatic heterocycles. The number of benzene rings is 1. The molecule has 0 aliphatic carbocycles. The van der Waals surface area contributed by atoms with Crippen LogP contribution < -0.4 is 10.5 Å². The fraction of sp³-hybridized carbons (Fsp3) is 0.400. The highest BCUT2D eigenvalue weighted by atomic mass is 79.9. The van der Waals surface area contributed by atoms with Crippen molar-refractivity contribution in [3.05, 3.63) is 26.6 Å². The Morgan fingerprint density at radius 1 is 1.33 bits per heavy atom. The molecule has 0 fully saturated rings. The number of hydrogen-bond donors (Lipinski definition) is 2. The standard InChI is InChI=1S/C10H14Br2N2O2S.ClH/c1-6-3-9(12)10(4-8(6)11)17(15,16)14-7(2)5-13;/h3-4,7,14H,5,13H2,1-2H3;1H/t7-;/m0./s1. The summed E-state index contributed by atoms with van der Waals surface area (Å²) < 4.78 is 27.9. The molecule has 0 aliphatic rings. The lowest BCUT2D eigenvalue weighted by Gasteiger charge is -2.14. The van der Waals surface area contributed by atoms with E-state index in [-0.39, 0.29) is 29.9 Å². The van der Waals surface area contributed by atoms with Gasteiger partial charge in [0.25, 0.3) is 0 Å². The minimum atomic E-state index is -3.55. The molecule has 1 aromatic carbocycles. The Morgan fingerprint density at radius 2 is 1.89 bits per heavy atom. The van der Waals surface area contributed by atoms with Crippen molar-refractivity contribution in [2.75, 3.05) is 6.54 Å². The lowest BCUT2D eigenvalue weighted by atomic mass is 10.2. The van der Waals surface area contributed by atoms with Gasteiger partial charge in [-0.3, -0.25) is 0 Å². The number of nitrogens with two attached hydrogens (primary N) is 1. The average molecular weight is 423 g/mol. The molecule has 0 saturated heterocycles. The predicted molar refractivity (Wildman–Crippen MR) is 82.7 cm³/mol. The molecule has 0 aromatic heterocycles. The van der Waals surface area contributed by atoms with E-state index < -0.39 is 10.0 Å². The van der Waals surface area contributed by atoms with Gasteiger partial charge in [-0.1, -0.05) is 15.9 Å². The van der Waals surface area contributed by atoms with Crippen LogP contribution in [0.2, 0.25) is 0 Å². The Morgan fingerprint density at radius 3 is 2.39 bits per heavy atom. The molecule has 0 bridgehead atoms. The van der Waals surface area contributed by atoms with E-state index in [1.165, 1.54) is 0 Å². The summed E-state index contributed by atoms with van der Waals surface area (Å²) in [4.78, 5) is 0.204. The zero-order valence-electron chi connectivity index (χ0n) is 9.91. The fourth-order valence-corrected chi connectivity index (χ4v) is 4.14. The quantitative estimate of drug-likeness (QED) is 0.783. The Labute approximate surface area is 130 Å². The van der Waals surface area contributed by atoms with Crippen LogP contribution >= 0.6 is 44.3 Å². The van der Waals surface area contributed by atoms with E-state index in [4.69, 9.17) is 5.73 Å². The van der Waals surface area contributed by atoms with Gasteiger partial charge in [0.05, 0.1) is 4.90 Å². The molecular weight excluding hydrogens is 407 g/mol. The average Bonchev–Trinajstić information content (AvgIpc) is 2.22. The Kier molecular flexibility index (Phi) is 7.35. The van der Waals surface area contributed by atoms with Crippen LogP contribution in [0.3, 0.4) is 0 Å². The molecule has 0 spiro atoms. The summed E-state index contributed by atoms with van der Waals surface area (Å²) in [6, 6.07) is 3.03. The summed E-state index contributed by atoms with van der Waals surface area (Å²) in [6.45, 7) is 3.86. The van der Waals surface area contributed by atoms with Gasteiger partial charge < -0.3 is 5.73 Å². The fourth-order valence-electron chi connectivity index (χ4n) is 1.21. The first kappa shape index (κ1) is 18.3. The summed E-state index contributed by atoms with van der Waals surface area (Å²) in [5.41, 5.74) is 6.36. The molecular formula is C10H15Br2ClN2O2S. The van der Waals surface area contributed by atoms with E-state index in [1.807, 2.05) is 6.92 Å². The first-order valence-corrected chi connectivity index (χ1v) is 8.03. The van der Waals surface area contributed by atoms with Crippen molar-refractivity contribution in [1.82, 2.24) is 4.72 Å². The number of hydrogen-bond acceptors (Lipinski definition) is 3. The minimum Gasteiger partial charge on any atom is -0.329 e. The van der Waals surface area contributed by atoms with E-state index in [2.05, 4.69) is 36.6 Å². The highest BCUT2D eigenvalue weighted by molar-refractivity contribution is 9.11. The van der Waals surface area contributed by atoms with Crippen molar-refractivity contribution in [3.63, 3.8) is 0 Å². The maximum atomic E-state index is 12.1. The maximum absolute atomic E-state index is 12.1. The van der Waals surface area contributed by atoms with E-state index in [9.17, 15) is 8.42 Å². The van der Waals surface area contributed by atoms with Gasteiger partial charge in [-0.25, -0.2) is 13.1 Å². The minimum absolute atomic E-state index is 0. The van der Waals surface area contributed by atoms with Crippen LogP contribution in [0, 0.1) is 6.92 Å². The molecule has 1 aromatic rings. The number of aryl methyl sites for hydroxylation is 1. The third-order valence-electron chi connectivity index (χ3n) is 2.21. The van der Waals surface area contributed by atoms with Crippen molar-refractivity contribution in [1.29, 1.82) is 0 Å². The van der Waals surface area contributed by atoms with Crippen molar-refractivity contribution in [2.24, 2.45) is 5.73 Å². The van der Waals surface area contributed by atoms with Gasteiger partial charge in [0.2, 0.25) is 10.0 Å². The van der Waals surface area contributed by atoms with Gasteiger partial charge in [0.15, 0.2) is 0 Å². The second kappa shape index (κ2) is 7.21. The molecule has 1 rings (SSSR count). The van der Waals surface area contributed by atoms with Crippen molar-refractivity contribution >= 4 is 54.3 Å². The van der Waals surface area contributed by atoms with Crippen molar-refractivity contribution in [3.8, 4) is 0 Å². The van der Waals surface area contributed by atoms with Crippen LogP contribution in [0.25, 0.3) is 0 Å². The lowest BCUT2D eigenvalue weighted by molar-refractivity contribution is 0.562. The number of sulfonamides is 1. The Bertz CT molecular complexity index is 523. The molecule has 0 radical (unpaired) electrons. The third-order valence-corrected chi connectivity index (χ3v) is 5.61. The van der Waals surface area contributed by atoms with E-state index in [0.717, 1.165) is 10.0 Å². The van der Waals surface area contributed by atoms with Gasteiger partial charge in [-0.2, -0.15) is 0 Å². The zero-order chi connectivity index (χ0) is 13.2. The topological polar surface area (TPSA) is 72.2 Å². The third kappa shape index (κ3) is 4.47. The summed E-state index contributed by atoms with van der Waals surface area (Å²) in [7, 11) is -3.55. The first-order valence-electron chi connectivity index (χ1n) is 4.96. The number of nitrogens with one attached hydrogen (secondary N) is 1. The van der Waals surface area contributed by atoms with E-state index >= 15 is 0 Å². The van der Waals surface area contributed by atoms with E-state index in [0.29, 0.717) is 4.47 Å². The van der Waals surface area contributed by atoms with Crippen LogP contribution in [-0.4, -0.2) is 21.0 Å². The zero-order valence-corrected chi connectivity index (χ0v) is 14.7. The number of rotatable bonds is 4. The normalized spacial score (nSPS) is 12.9. The van der Waals surface area contributed by atoms with Gasteiger partial charge in [0.1, 0.15) is 0 Å². The Balaban J connectivity index is 0.00000289. The maximum Gasteiger partial charge on any atom is 0.242 e.